The van der Waals surface area contributed by atoms with Crippen LogP contribution >= 0.6 is 0 Å². The van der Waals surface area contributed by atoms with Gasteiger partial charge in [-0.2, -0.15) is 0 Å². The Morgan fingerprint density at radius 2 is 2.13 bits per heavy atom. The summed E-state index contributed by atoms with van der Waals surface area (Å²) in [4.78, 5) is 9.83. The standard InChI is InChI=1S/C9H12N2O4/c1-5(2)15-9-4-7(11(13)14)8(12)3-6(9)10/h3-5,12H,10H2,1-2H3. The summed E-state index contributed by atoms with van der Waals surface area (Å²) < 4.78 is 5.25. The minimum atomic E-state index is -0.692. The molecule has 6 nitrogen and oxygen atoms in total. The van der Waals surface area contributed by atoms with E-state index in [0.29, 0.717) is 0 Å². The molecule has 1 aromatic carbocycles. The number of nitrogens with zero attached hydrogens (tertiary/aromatic N) is 1. The molecule has 1 aromatic rings. The lowest BCUT2D eigenvalue weighted by Crippen LogP contribution is -2.07. The molecule has 0 heterocycles. The molecule has 15 heavy (non-hydrogen) atoms. The zero-order chi connectivity index (χ0) is 11.6. The third kappa shape index (κ3) is 2.49. The first-order valence-electron chi connectivity index (χ1n) is 4.35. The van der Waals surface area contributed by atoms with Crippen LogP contribution in [0.5, 0.6) is 11.5 Å². The zero-order valence-corrected chi connectivity index (χ0v) is 8.43. The number of hydrogen-bond acceptors (Lipinski definition) is 5. The number of benzene rings is 1. The smallest absolute Gasteiger partial charge is 0.314 e. The fraction of sp³-hybridized carbons (Fsp3) is 0.333. The molecule has 0 radical (unpaired) electrons. The van der Waals surface area contributed by atoms with Crippen molar-refractivity contribution >= 4 is 11.4 Å². The van der Waals surface area contributed by atoms with Gasteiger partial charge >= 0.3 is 5.69 Å². The number of nitrogen functional groups attached to an aromatic ring is 1. The van der Waals surface area contributed by atoms with Crippen LogP contribution in [-0.4, -0.2) is 16.1 Å². The Balaban J connectivity index is 3.17. The molecule has 0 aliphatic heterocycles. The van der Waals surface area contributed by atoms with Crippen LogP contribution in [0.4, 0.5) is 11.4 Å². The fourth-order valence-corrected chi connectivity index (χ4v) is 1.08. The van der Waals surface area contributed by atoms with Crippen LogP contribution in [0.15, 0.2) is 12.1 Å². The maximum atomic E-state index is 10.5. The highest BCUT2D eigenvalue weighted by molar-refractivity contribution is 5.64. The molecule has 0 saturated heterocycles. The van der Waals surface area contributed by atoms with Crippen molar-refractivity contribution in [3.8, 4) is 11.5 Å². The van der Waals surface area contributed by atoms with Crippen molar-refractivity contribution in [3.05, 3.63) is 22.2 Å². The SMILES string of the molecule is CC(C)Oc1cc([N+](=O)[O-])c(O)cc1N. The summed E-state index contributed by atoms with van der Waals surface area (Å²) >= 11 is 0. The number of ether oxygens (including phenoxy) is 1. The van der Waals surface area contributed by atoms with E-state index in [-0.39, 0.29) is 17.5 Å². The number of phenolic OH excluding ortho intramolecular Hbond substituents is 1. The van der Waals surface area contributed by atoms with E-state index >= 15 is 0 Å². The lowest BCUT2D eigenvalue weighted by Gasteiger charge is -2.11. The molecule has 3 N–H and O–H groups in total. The van der Waals surface area contributed by atoms with E-state index < -0.39 is 16.4 Å². The van der Waals surface area contributed by atoms with E-state index in [1.54, 1.807) is 13.8 Å². The van der Waals surface area contributed by atoms with Crippen LogP contribution in [-0.2, 0) is 0 Å². The first-order chi connectivity index (χ1) is 6.91. The lowest BCUT2D eigenvalue weighted by molar-refractivity contribution is -0.385. The maximum Gasteiger partial charge on any atom is 0.314 e. The number of nitrogens with two attached hydrogens (primary N) is 1. The van der Waals surface area contributed by atoms with E-state index in [1.165, 1.54) is 0 Å². The predicted molar refractivity (Wildman–Crippen MR) is 54.9 cm³/mol. The highest BCUT2D eigenvalue weighted by Gasteiger charge is 2.17. The monoisotopic (exact) mass is 212 g/mol. The van der Waals surface area contributed by atoms with Crippen molar-refractivity contribution in [2.45, 2.75) is 20.0 Å². The van der Waals surface area contributed by atoms with Crippen LogP contribution in [0.3, 0.4) is 0 Å². The number of nitro benzene ring substituents is 1. The molecule has 82 valence electrons. The first-order valence-corrected chi connectivity index (χ1v) is 4.35. The summed E-state index contributed by atoms with van der Waals surface area (Å²) in [5, 5.41) is 19.8. The minimum Gasteiger partial charge on any atom is -0.502 e. The molecule has 0 atom stereocenters. The molecule has 0 aromatic heterocycles. The van der Waals surface area contributed by atoms with E-state index in [4.69, 9.17) is 10.5 Å². The Morgan fingerprint density at radius 3 is 2.60 bits per heavy atom. The van der Waals surface area contributed by atoms with E-state index in [1.807, 2.05) is 0 Å². The Hall–Kier alpha value is -1.98. The van der Waals surface area contributed by atoms with Crippen LogP contribution in [0.2, 0.25) is 0 Å². The molecule has 6 heteroatoms. The van der Waals surface area contributed by atoms with Crippen molar-refractivity contribution in [2.75, 3.05) is 5.73 Å². The van der Waals surface area contributed by atoms with Gasteiger partial charge in [0, 0.05) is 6.07 Å². The Labute approximate surface area is 86.4 Å². The van der Waals surface area contributed by atoms with E-state index in [9.17, 15) is 15.2 Å². The van der Waals surface area contributed by atoms with Gasteiger partial charge in [0.15, 0.2) is 5.75 Å². The van der Waals surface area contributed by atoms with Crippen molar-refractivity contribution < 1.29 is 14.8 Å². The summed E-state index contributed by atoms with van der Waals surface area (Å²) in [6.45, 7) is 3.55. The number of rotatable bonds is 3. The summed E-state index contributed by atoms with van der Waals surface area (Å²) in [6, 6.07) is 2.22. The van der Waals surface area contributed by atoms with Gasteiger partial charge < -0.3 is 15.6 Å². The average Bonchev–Trinajstić information content (AvgIpc) is 2.08. The number of anilines is 1. The van der Waals surface area contributed by atoms with Crippen molar-refractivity contribution in [1.29, 1.82) is 0 Å². The number of hydrogen-bond donors (Lipinski definition) is 2. The maximum absolute atomic E-state index is 10.5. The van der Waals surface area contributed by atoms with Crippen LogP contribution in [0, 0.1) is 10.1 Å². The van der Waals surface area contributed by atoms with Gasteiger partial charge in [-0.15, -0.1) is 0 Å². The first kappa shape index (κ1) is 11.1. The van der Waals surface area contributed by atoms with Crippen molar-refractivity contribution in [3.63, 3.8) is 0 Å². The van der Waals surface area contributed by atoms with Crippen LogP contribution in [0.25, 0.3) is 0 Å². The molecule has 1 rings (SSSR count). The number of nitro groups is 1. The second-order valence-electron chi connectivity index (χ2n) is 3.30. The Morgan fingerprint density at radius 1 is 1.53 bits per heavy atom. The summed E-state index contributed by atoms with van der Waals surface area (Å²) in [6.07, 6.45) is -0.142. The Bertz CT molecular complexity index is 390. The van der Waals surface area contributed by atoms with Crippen LogP contribution < -0.4 is 10.5 Å². The van der Waals surface area contributed by atoms with Gasteiger partial charge in [-0.1, -0.05) is 0 Å². The Kier molecular flexibility index (Phi) is 2.99. The fourth-order valence-electron chi connectivity index (χ4n) is 1.08. The molecule has 0 saturated carbocycles. The van der Waals surface area contributed by atoms with Gasteiger partial charge in [0.25, 0.3) is 0 Å². The quantitative estimate of drug-likeness (QED) is 0.451. The van der Waals surface area contributed by atoms with Crippen molar-refractivity contribution in [1.82, 2.24) is 0 Å². The molecular formula is C9H12N2O4. The van der Waals surface area contributed by atoms with Gasteiger partial charge in [-0.05, 0) is 13.8 Å². The molecular weight excluding hydrogens is 200 g/mol. The predicted octanol–water partition coefficient (Wildman–Crippen LogP) is 1.67. The lowest BCUT2D eigenvalue weighted by atomic mass is 10.2. The zero-order valence-electron chi connectivity index (χ0n) is 8.43. The molecule has 0 amide bonds. The van der Waals surface area contributed by atoms with Gasteiger partial charge in [0.05, 0.1) is 22.8 Å². The molecule has 0 aliphatic rings. The summed E-state index contributed by atoms with van der Waals surface area (Å²) in [7, 11) is 0. The molecule has 0 fully saturated rings. The van der Waals surface area contributed by atoms with Crippen LogP contribution in [0.1, 0.15) is 13.8 Å². The third-order valence-electron chi connectivity index (χ3n) is 1.67. The molecule has 0 unspecified atom stereocenters. The highest BCUT2D eigenvalue weighted by atomic mass is 16.6. The third-order valence-corrected chi connectivity index (χ3v) is 1.67. The van der Waals surface area contributed by atoms with Gasteiger partial charge in [-0.3, -0.25) is 10.1 Å². The number of aromatic hydroxyl groups is 1. The van der Waals surface area contributed by atoms with Gasteiger partial charge in [0.2, 0.25) is 0 Å². The van der Waals surface area contributed by atoms with E-state index in [0.717, 1.165) is 12.1 Å². The summed E-state index contributed by atoms with van der Waals surface area (Å²) in [5.74, 6) is -0.261. The second-order valence-corrected chi connectivity index (χ2v) is 3.30. The van der Waals surface area contributed by atoms with E-state index in [2.05, 4.69) is 0 Å². The summed E-state index contributed by atoms with van der Waals surface area (Å²) in [5.41, 5.74) is 5.29. The molecule has 0 aliphatic carbocycles. The normalized spacial score (nSPS) is 10.3. The molecule has 0 bridgehead atoms. The van der Waals surface area contributed by atoms with Gasteiger partial charge in [-0.25, -0.2) is 0 Å². The number of phenols is 1. The highest BCUT2D eigenvalue weighted by Crippen LogP contribution is 2.35. The largest absolute Gasteiger partial charge is 0.502 e. The second kappa shape index (κ2) is 4.04. The minimum absolute atomic E-state index is 0.142. The average molecular weight is 212 g/mol. The van der Waals surface area contributed by atoms with Gasteiger partial charge in [0.1, 0.15) is 5.75 Å². The van der Waals surface area contributed by atoms with Crippen molar-refractivity contribution in [2.24, 2.45) is 0 Å². The topological polar surface area (TPSA) is 98.6 Å². The molecule has 0 spiro atoms.